The molecule has 4 aromatic heterocycles. The SMILES string of the molecule is CCc1cc(-c2ccn3c(-c4ccc(NC(=O)Nc5cc(C(C)(C)C)on5)c(F)c4)cnc3c2)ccn1. The number of imidazole rings is 1. The first-order chi connectivity index (χ1) is 17.7. The number of amides is 2. The van der Waals surface area contributed by atoms with Crippen molar-refractivity contribution in [1.82, 2.24) is 19.5 Å². The van der Waals surface area contributed by atoms with Crippen LogP contribution in [0, 0.1) is 5.82 Å². The first kappa shape index (κ1) is 24.2. The molecule has 0 spiro atoms. The van der Waals surface area contributed by atoms with Gasteiger partial charge < -0.3 is 9.84 Å². The normalized spacial score (nSPS) is 11.6. The van der Waals surface area contributed by atoms with E-state index in [9.17, 15) is 9.18 Å². The minimum atomic E-state index is -0.620. The molecule has 4 heterocycles. The highest BCUT2D eigenvalue weighted by molar-refractivity contribution is 5.99. The highest BCUT2D eigenvalue weighted by Gasteiger charge is 2.20. The topological polar surface area (TPSA) is 97.3 Å². The van der Waals surface area contributed by atoms with Crippen LogP contribution in [0.15, 0.2) is 71.6 Å². The van der Waals surface area contributed by atoms with Crippen molar-refractivity contribution in [2.24, 2.45) is 0 Å². The number of nitrogens with zero attached hydrogens (tertiary/aromatic N) is 4. The van der Waals surface area contributed by atoms with Gasteiger partial charge in [0.1, 0.15) is 17.2 Å². The van der Waals surface area contributed by atoms with Crippen LogP contribution >= 0.6 is 0 Å². The zero-order valence-corrected chi connectivity index (χ0v) is 21.0. The van der Waals surface area contributed by atoms with Gasteiger partial charge in [0, 0.05) is 35.1 Å². The number of halogens is 1. The van der Waals surface area contributed by atoms with E-state index in [-0.39, 0.29) is 16.9 Å². The van der Waals surface area contributed by atoms with Crippen molar-refractivity contribution in [2.45, 2.75) is 39.5 Å². The number of pyridine rings is 2. The van der Waals surface area contributed by atoms with Crippen molar-refractivity contribution >= 4 is 23.2 Å². The molecular formula is C28H27FN6O2. The second-order valence-electron chi connectivity index (χ2n) is 9.78. The van der Waals surface area contributed by atoms with Gasteiger partial charge in [0.05, 0.1) is 17.6 Å². The fourth-order valence-corrected chi connectivity index (χ4v) is 3.96. The number of rotatable bonds is 5. The van der Waals surface area contributed by atoms with E-state index in [1.54, 1.807) is 18.3 Å². The summed E-state index contributed by atoms with van der Waals surface area (Å²) >= 11 is 0. The van der Waals surface area contributed by atoms with Crippen LogP contribution in [0.3, 0.4) is 0 Å². The molecule has 5 aromatic rings. The Morgan fingerprint density at radius 1 is 1.00 bits per heavy atom. The third-order valence-electron chi connectivity index (χ3n) is 6.03. The summed E-state index contributed by atoms with van der Waals surface area (Å²) in [6.45, 7) is 7.99. The fraction of sp³-hybridized carbons (Fsp3) is 0.214. The van der Waals surface area contributed by atoms with Crippen molar-refractivity contribution in [1.29, 1.82) is 0 Å². The highest BCUT2D eigenvalue weighted by atomic mass is 19.1. The lowest BCUT2D eigenvalue weighted by Crippen LogP contribution is -2.20. The molecule has 0 fully saturated rings. The number of aryl methyl sites for hydroxylation is 1. The van der Waals surface area contributed by atoms with Gasteiger partial charge in [-0.3, -0.25) is 14.7 Å². The maximum atomic E-state index is 14.9. The van der Waals surface area contributed by atoms with E-state index in [1.165, 1.54) is 12.1 Å². The molecule has 0 radical (unpaired) electrons. The van der Waals surface area contributed by atoms with Gasteiger partial charge in [-0.2, -0.15) is 0 Å². The van der Waals surface area contributed by atoms with Crippen LogP contribution in [0.5, 0.6) is 0 Å². The van der Waals surface area contributed by atoms with E-state index >= 15 is 0 Å². The van der Waals surface area contributed by atoms with Crippen LogP contribution < -0.4 is 10.6 Å². The monoisotopic (exact) mass is 498 g/mol. The number of aromatic nitrogens is 4. The molecule has 0 bridgehead atoms. The molecule has 0 saturated carbocycles. The van der Waals surface area contributed by atoms with Gasteiger partial charge in [0.15, 0.2) is 5.82 Å². The second kappa shape index (κ2) is 9.50. The molecule has 188 valence electrons. The quantitative estimate of drug-likeness (QED) is 0.281. The molecule has 0 aliphatic carbocycles. The molecule has 2 N–H and O–H groups in total. The molecule has 9 heteroatoms. The molecule has 0 aliphatic heterocycles. The second-order valence-corrected chi connectivity index (χ2v) is 9.78. The molecular weight excluding hydrogens is 471 g/mol. The van der Waals surface area contributed by atoms with Crippen molar-refractivity contribution in [3.8, 4) is 22.4 Å². The number of carbonyl (C=O) groups excluding carboxylic acids is 1. The minimum Gasteiger partial charge on any atom is -0.359 e. The Hall–Kier alpha value is -4.53. The lowest BCUT2D eigenvalue weighted by molar-refractivity contribution is 0.261. The van der Waals surface area contributed by atoms with Crippen LogP contribution in [0.2, 0.25) is 0 Å². The molecule has 37 heavy (non-hydrogen) atoms. The van der Waals surface area contributed by atoms with Gasteiger partial charge >= 0.3 is 6.03 Å². The first-order valence-electron chi connectivity index (χ1n) is 12.0. The van der Waals surface area contributed by atoms with Gasteiger partial charge in [-0.25, -0.2) is 14.2 Å². The van der Waals surface area contributed by atoms with Gasteiger partial charge in [-0.1, -0.05) is 38.9 Å². The van der Waals surface area contributed by atoms with Gasteiger partial charge in [-0.05, 0) is 53.9 Å². The molecule has 0 unspecified atom stereocenters. The Labute approximate surface area is 213 Å². The maximum absolute atomic E-state index is 14.9. The average Bonchev–Trinajstić information content (AvgIpc) is 3.52. The third-order valence-corrected chi connectivity index (χ3v) is 6.03. The van der Waals surface area contributed by atoms with E-state index in [0.29, 0.717) is 11.3 Å². The van der Waals surface area contributed by atoms with Gasteiger partial charge in [0.2, 0.25) is 0 Å². The van der Waals surface area contributed by atoms with E-state index in [0.717, 1.165) is 34.6 Å². The number of carbonyl (C=O) groups is 1. The molecule has 0 saturated heterocycles. The zero-order valence-electron chi connectivity index (χ0n) is 21.0. The summed E-state index contributed by atoms with van der Waals surface area (Å²) in [4.78, 5) is 21.3. The van der Waals surface area contributed by atoms with E-state index in [2.05, 4.69) is 38.7 Å². The average molecular weight is 499 g/mol. The van der Waals surface area contributed by atoms with Crippen molar-refractivity contribution in [2.75, 3.05) is 10.6 Å². The highest BCUT2D eigenvalue weighted by Crippen LogP contribution is 2.28. The summed E-state index contributed by atoms with van der Waals surface area (Å²) in [5, 5.41) is 8.92. The summed E-state index contributed by atoms with van der Waals surface area (Å²) in [6, 6.07) is 13.7. The van der Waals surface area contributed by atoms with Gasteiger partial charge in [-0.15, -0.1) is 0 Å². The minimum absolute atomic E-state index is 0.0429. The summed E-state index contributed by atoms with van der Waals surface area (Å²) < 4.78 is 22.1. The molecule has 5 rings (SSSR count). The van der Waals surface area contributed by atoms with Crippen LogP contribution in [0.25, 0.3) is 28.0 Å². The Bertz CT molecular complexity index is 1600. The Kier molecular flexibility index (Phi) is 6.20. The third kappa shape index (κ3) is 5.06. The number of hydrogen-bond acceptors (Lipinski definition) is 5. The number of hydrogen-bond donors (Lipinski definition) is 2. The summed E-state index contributed by atoms with van der Waals surface area (Å²) in [7, 11) is 0. The lowest BCUT2D eigenvalue weighted by atomic mass is 9.93. The fourth-order valence-electron chi connectivity index (χ4n) is 3.96. The van der Waals surface area contributed by atoms with Crippen LogP contribution in [0.1, 0.15) is 39.1 Å². The summed E-state index contributed by atoms with van der Waals surface area (Å²) in [5.41, 5.74) is 5.02. The van der Waals surface area contributed by atoms with E-state index in [1.807, 2.05) is 55.8 Å². The number of fused-ring (bicyclic) bond motifs is 1. The van der Waals surface area contributed by atoms with Crippen molar-refractivity contribution < 1.29 is 13.7 Å². The van der Waals surface area contributed by atoms with Gasteiger partial charge in [0.25, 0.3) is 0 Å². The number of anilines is 2. The largest absolute Gasteiger partial charge is 0.359 e. The van der Waals surface area contributed by atoms with Crippen LogP contribution in [0.4, 0.5) is 20.7 Å². The smallest absolute Gasteiger partial charge is 0.325 e. The standard InChI is InChI=1S/C28H27FN6O2/c1-5-20-12-17(8-10-30-20)18-9-11-35-23(16-31-26(35)14-18)19-6-7-22(21(29)13-19)32-27(36)33-25-15-24(37-34-25)28(2,3)4/h6-16H,5H2,1-4H3,(H2,32,33,34,36). The molecule has 0 atom stereocenters. The number of urea groups is 1. The molecule has 1 aromatic carbocycles. The predicted octanol–water partition coefficient (Wildman–Crippen LogP) is 6.69. The molecule has 2 amide bonds. The van der Waals surface area contributed by atoms with Crippen LogP contribution in [-0.4, -0.2) is 25.6 Å². The number of nitrogens with one attached hydrogen (secondary N) is 2. The van der Waals surface area contributed by atoms with E-state index < -0.39 is 11.8 Å². The molecule has 0 aliphatic rings. The zero-order chi connectivity index (χ0) is 26.2. The van der Waals surface area contributed by atoms with Crippen molar-refractivity contribution in [3.63, 3.8) is 0 Å². The number of benzene rings is 1. The van der Waals surface area contributed by atoms with Crippen molar-refractivity contribution in [3.05, 3.63) is 84.4 Å². The Balaban J connectivity index is 1.33. The summed E-state index contributed by atoms with van der Waals surface area (Å²) in [6.07, 6.45) is 6.29. The summed E-state index contributed by atoms with van der Waals surface area (Å²) in [5.74, 6) is 0.311. The Morgan fingerprint density at radius 2 is 1.81 bits per heavy atom. The predicted molar refractivity (Wildman–Crippen MR) is 141 cm³/mol. The Morgan fingerprint density at radius 3 is 2.54 bits per heavy atom. The lowest BCUT2D eigenvalue weighted by Gasteiger charge is -2.12. The van der Waals surface area contributed by atoms with E-state index in [4.69, 9.17) is 4.52 Å². The first-order valence-corrected chi connectivity index (χ1v) is 12.0. The van der Waals surface area contributed by atoms with Crippen LogP contribution in [-0.2, 0) is 11.8 Å². The maximum Gasteiger partial charge on any atom is 0.325 e. The molecule has 8 nitrogen and oxygen atoms in total.